The van der Waals surface area contributed by atoms with E-state index in [1.54, 1.807) is 18.2 Å². The van der Waals surface area contributed by atoms with Gasteiger partial charge >= 0.3 is 0 Å². The lowest BCUT2D eigenvalue weighted by Crippen LogP contribution is -2.16. The number of nitrogens with one attached hydrogen (secondary N) is 2. The number of amides is 1. The molecule has 160 valence electrons. The fourth-order valence-corrected chi connectivity index (χ4v) is 4.11. The summed E-state index contributed by atoms with van der Waals surface area (Å²) in [5.41, 5.74) is 6.33. The summed E-state index contributed by atoms with van der Waals surface area (Å²) in [5.74, 6) is 0.0872. The minimum atomic E-state index is -0.275. The monoisotopic (exact) mass is 433 g/mol. The standard InChI is InChI=1S/C25H19N7O/c1-15-6-3-4-8-18(15)19-9-5-7-17-13-22(32(2)23(17)19)25(33)27-21-11-10-16(14-26)12-20(21)24-28-30-31-29-24/h3-13H,1-2H3,(H,27,33)(H,28,29,30,31). The van der Waals surface area contributed by atoms with E-state index in [0.29, 0.717) is 28.3 Å². The first kappa shape index (κ1) is 20.2. The number of aromatic amines is 1. The number of tetrazole rings is 1. The molecule has 1 amide bonds. The predicted molar refractivity (Wildman–Crippen MR) is 125 cm³/mol. The molecule has 0 fully saturated rings. The highest BCUT2D eigenvalue weighted by Crippen LogP contribution is 2.33. The lowest BCUT2D eigenvalue weighted by molar-refractivity contribution is 0.102. The number of benzene rings is 3. The number of fused-ring (bicyclic) bond motifs is 1. The molecule has 0 atom stereocenters. The fourth-order valence-electron chi connectivity index (χ4n) is 4.11. The van der Waals surface area contributed by atoms with E-state index in [1.807, 2.05) is 41.9 Å². The molecule has 0 saturated heterocycles. The summed E-state index contributed by atoms with van der Waals surface area (Å²) < 4.78 is 1.91. The molecular weight excluding hydrogens is 414 g/mol. The van der Waals surface area contributed by atoms with E-state index in [1.165, 1.54) is 5.56 Å². The molecule has 8 nitrogen and oxygen atoms in total. The van der Waals surface area contributed by atoms with Gasteiger partial charge in [0.2, 0.25) is 0 Å². The molecule has 0 unspecified atom stereocenters. The number of nitrogens with zero attached hydrogens (tertiary/aromatic N) is 5. The molecule has 2 N–H and O–H groups in total. The number of anilines is 1. The fraction of sp³-hybridized carbons (Fsp3) is 0.0800. The number of carbonyl (C=O) groups excluding carboxylic acids is 1. The molecule has 3 aromatic carbocycles. The number of aryl methyl sites for hydroxylation is 2. The third-order valence-electron chi connectivity index (χ3n) is 5.72. The molecule has 33 heavy (non-hydrogen) atoms. The van der Waals surface area contributed by atoms with Crippen LogP contribution >= 0.6 is 0 Å². The molecule has 2 heterocycles. The first-order chi connectivity index (χ1) is 16.1. The number of nitriles is 1. The Kier molecular flexibility index (Phi) is 4.92. The summed E-state index contributed by atoms with van der Waals surface area (Å²) in [4.78, 5) is 13.3. The summed E-state index contributed by atoms with van der Waals surface area (Å²) in [7, 11) is 1.89. The molecule has 5 rings (SSSR count). The third kappa shape index (κ3) is 3.51. The zero-order valence-corrected chi connectivity index (χ0v) is 18.0. The van der Waals surface area contributed by atoms with E-state index in [4.69, 9.17) is 0 Å². The van der Waals surface area contributed by atoms with Crippen LogP contribution in [0.15, 0.2) is 66.7 Å². The van der Waals surface area contributed by atoms with Crippen LogP contribution in [0.5, 0.6) is 0 Å². The molecule has 0 aliphatic heterocycles. The van der Waals surface area contributed by atoms with Gasteiger partial charge in [-0.3, -0.25) is 4.79 Å². The molecule has 0 spiro atoms. The highest BCUT2D eigenvalue weighted by Gasteiger charge is 2.19. The van der Waals surface area contributed by atoms with Crippen molar-refractivity contribution in [1.29, 1.82) is 5.26 Å². The number of hydrogen-bond donors (Lipinski definition) is 2. The summed E-state index contributed by atoms with van der Waals surface area (Å²) >= 11 is 0. The summed E-state index contributed by atoms with van der Waals surface area (Å²) in [6.07, 6.45) is 0. The number of hydrogen-bond acceptors (Lipinski definition) is 5. The van der Waals surface area contributed by atoms with Gasteiger partial charge in [-0.15, -0.1) is 5.10 Å². The van der Waals surface area contributed by atoms with Crippen molar-refractivity contribution in [2.24, 2.45) is 7.05 Å². The molecule has 0 bridgehead atoms. The number of H-pyrrole nitrogens is 1. The molecule has 0 radical (unpaired) electrons. The van der Waals surface area contributed by atoms with Crippen LogP contribution in [0.3, 0.4) is 0 Å². The Morgan fingerprint density at radius 1 is 1.03 bits per heavy atom. The lowest BCUT2D eigenvalue weighted by Gasteiger charge is -2.12. The zero-order valence-electron chi connectivity index (χ0n) is 18.0. The average molecular weight is 433 g/mol. The Morgan fingerprint density at radius 3 is 2.61 bits per heavy atom. The van der Waals surface area contributed by atoms with Crippen molar-refractivity contribution in [3.63, 3.8) is 0 Å². The van der Waals surface area contributed by atoms with Crippen LogP contribution < -0.4 is 5.32 Å². The van der Waals surface area contributed by atoms with Gasteiger partial charge in [-0.1, -0.05) is 42.5 Å². The second-order valence-electron chi connectivity index (χ2n) is 7.72. The maximum Gasteiger partial charge on any atom is 0.272 e. The van der Waals surface area contributed by atoms with E-state index in [0.717, 1.165) is 22.0 Å². The van der Waals surface area contributed by atoms with E-state index >= 15 is 0 Å². The molecule has 0 aliphatic carbocycles. The maximum atomic E-state index is 13.3. The smallest absolute Gasteiger partial charge is 0.272 e. The Hall–Kier alpha value is -4.77. The van der Waals surface area contributed by atoms with Gasteiger partial charge in [-0.2, -0.15) is 5.26 Å². The second-order valence-corrected chi connectivity index (χ2v) is 7.72. The van der Waals surface area contributed by atoms with Gasteiger partial charge in [0.25, 0.3) is 5.91 Å². The highest BCUT2D eigenvalue weighted by molar-refractivity contribution is 6.09. The van der Waals surface area contributed by atoms with Crippen molar-refractivity contribution < 1.29 is 4.79 Å². The average Bonchev–Trinajstić information content (AvgIpc) is 3.48. The summed E-state index contributed by atoms with van der Waals surface area (Å²) in [5, 5.41) is 27.0. The normalized spacial score (nSPS) is 10.8. The van der Waals surface area contributed by atoms with Gasteiger partial charge in [-0.25, -0.2) is 5.10 Å². The van der Waals surface area contributed by atoms with E-state index in [2.05, 4.69) is 57.1 Å². The Labute approximate surface area is 189 Å². The van der Waals surface area contributed by atoms with Crippen LogP contribution in [0, 0.1) is 18.3 Å². The van der Waals surface area contributed by atoms with Crippen LogP contribution in [0.2, 0.25) is 0 Å². The van der Waals surface area contributed by atoms with Crippen molar-refractivity contribution in [3.8, 4) is 28.6 Å². The van der Waals surface area contributed by atoms with Gasteiger partial charge in [0.1, 0.15) is 5.69 Å². The van der Waals surface area contributed by atoms with Crippen LogP contribution in [0.1, 0.15) is 21.6 Å². The van der Waals surface area contributed by atoms with Crippen LogP contribution in [0.4, 0.5) is 5.69 Å². The summed E-state index contributed by atoms with van der Waals surface area (Å²) in [6.45, 7) is 2.08. The number of aromatic nitrogens is 5. The Morgan fingerprint density at radius 2 is 1.85 bits per heavy atom. The van der Waals surface area contributed by atoms with Gasteiger partial charge < -0.3 is 9.88 Å². The SMILES string of the molecule is Cc1ccccc1-c1cccc2cc(C(=O)Nc3ccc(C#N)cc3-c3nnn[nH]3)n(C)c12. The van der Waals surface area contributed by atoms with Crippen molar-refractivity contribution in [3.05, 3.63) is 83.6 Å². The van der Waals surface area contributed by atoms with E-state index < -0.39 is 0 Å². The van der Waals surface area contributed by atoms with Crippen LogP contribution in [-0.2, 0) is 7.05 Å². The predicted octanol–water partition coefficient (Wildman–Crippen LogP) is 4.46. The Bertz CT molecular complexity index is 1540. The highest BCUT2D eigenvalue weighted by atomic mass is 16.1. The molecule has 0 saturated carbocycles. The van der Waals surface area contributed by atoms with Gasteiger partial charge in [-0.05, 0) is 52.7 Å². The molecular formula is C25H19N7O. The summed E-state index contributed by atoms with van der Waals surface area (Å²) in [6, 6.07) is 23.2. The van der Waals surface area contributed by atoms with Gasteiger partial charge in [0.15, 0.2) is 5.82 Å². The Balaban J connectivity index is 1.57. The van der Waals surface area contributed by atoms with Crippen LogP contribution in [0.25, 0.3) is 33.4 Å². The minimum absolute atomic E-state index is 0.275. The first-order valence-electron chi connectivity index (χ1n) is 10.3. The van der Waals surface area contributed by atoms with Crippen molar-refractivity contribution >= 4 is 22.5 Å². The molecule has 0 aliphatic rings. The lowest BCUT2D eigenvalue weighted by atomic mass is 9.99. The number of carbonyl (C=O) groups is 1. The third-order valence-corrected chi connectivity index (χ3v) is 5.72. The number of rotatable bonds is 4. The van der Waals surface area contributed by atoms with Crippen molar-refractivity contribution in [1.82, 2.24) is 25.2 Å². The van der Waals surface area contributed by atoms with Crippen molar-refractivity contribution in [2.45, 2.75) is 6.92 Å². The van der Waals surface area contributed by atoms with Gasteiger partial charge in [0.05, 0.1) is 22.8 Å². The van der Waals surface area contributed by atoms with Crippen LogP contribution in [-0.4, -0.2) is 31.1 Å². The van der Waals surface area contributed by atoms with E-state index in [-0.39, 0.29) is 5.91 Å². The van der Waals surface area contributed by atoms with E-state index in [9.17, 15) is 10.1 Å². The number of para-hydroxylation sites is 1. The maximum absolute atomic E-state index is 13.3. The second kappa shape index (κ2) is 8.05. The topological polar surface area (TPSA) is 112 Å². The van der Waals surface area contributed by atoms with Crippen molar-refractivity contribution in [2.75, 3.05) is 5.32 Å². The largest absolute Gasteiger partial charge is 0.339 e. The quantitative estimate of drug-likeness (QED) is 0.435. The first-order valence-corrected chi connectivity index (χ1v) is 10.3. The molecule has 8 heteroatoms. The zero-order chi connectivity index (χ0) is 22.9. The minimum Gasteiger partial charge on any atom is -0.339 e. The molecule has 5 aromatic rings. The van der Waals surface area contributed by atoms with Gasteiger partial charge in [0, 0.05) is 23.6 Å². The molecule has 2 aromatic heterocycles.